The Hall–Kier alpha value is -3.12. The maximum Gasteiger partial charge on any atom is 0.264 e. The highest BCUT2D eigenvalue weighted by molar-refractivity contribution is 7.92. The minimum absolute atomic E-state index is 0.117. The van der Waals surface area contributed by atoms with E-state index in [1.54, 1.807) is 53.4 Å². The lowest BCUT2D eigenvalue weighted by atomic mass is 10.0. The lowest BCUT2D eigenvalue weighted by molar-refractivity contribution is 0.0985. The van der Waals surface area contributed by atoms with E-state index in [9.17, 15) is 13.2 Å². The van der Waals surface area contributed by atoms with Crippen molar-refractivity contribution >= 4 is 27.3 Å². The molecule has 0 unspecified atom stereocenters. The number of para-hydroxylation sites is 1. The van der Waals surface area contributed by atoms with Gasteiger partial charge in [-0.1, -0.05) is 42.5 Å². The molecule has 30 heavy (non-hydrogen) atoms. The number of nitrogens with zero attached hydrogens (tertiary/aromatic N) is 2. The van der Waals surface area contributed by atoms with Crippen LogP contribution in [-0.4, -0.2) is 27.9 Å². The fourth-order valence-electron chi connectivity index (χ4n) is 3.86. The molecule has 3 aromatic carbocycles. The molecule has 154 valence electrons. The molecule has 1 aliphatic heterocycles. The van der Waals surface area contributed by atoms with Crippen LogP contribution in [0, 0.1) is 6.92 Å². The van der Waals surface area contributed by atoms with Crippen LogP contribution < -0.4 is 9.21 Å². The van der Waals surface area contributed by atoms with Crippen LogP contribution in [0.5, 0.6) is 0 Å². The molecule has 1 heterocycles. The topological polar surface area (TPSA) is 57.7 Å². The van der Waals surface area contributed by atoms with E-state index in [-0.39, 0.29) is 10.8 Å². The van der Waals surface area contributed by atoms with Crippen molar-refractivity contribution in [1.29, 1.82) is 0 Å². The summed E-state index contributed by atoms with van der Waals surface area (Å²) < 4.78 is 27.4. The number of hydrogen-bond acceptors (Lipinski definition) is 3. The van der Waals surface area contributed by atoms with Crippen LogP contribution in [0.25, 0.3) is 0 Å². The van der Waals surface area contributed by atoms with Crippen molar-refractivity contribution < 1.29 is 13.2 Å². The second kappa shape index (κ2) is 7.95. The van der Waals surface area contributed by atoms with Gasteiger partial charge in [0.05, 0.1) is 10.6 Å². The summed E-state index contributed by atoms with van der Waals surface area (Å²) in [5.41, 5.74) is 3.85. The van der Waals surface area contributed by atoms with Crippen LogP contribution in [0.4, 0.5) is 11.4 Å². The molecule has 1 amide bonds. The normalized spacial score (nSPS) is 13.6. The Labute approximate surface area is 177 Å². The van der Waals surface area contributed by atoms with Crippen molar-refractivity contribution in [2.75, 3.05) is 22.8 Å². The number of sulfonamides is 1. The number of benzene rings is 3. The van der Waals surface area contributed by atoms with E-state index in [1.165, 1.54) is 11.4 Å². The summed E-state index contributed by atoms with van der Waals surface area (Å²) in [6, 6.07) is 21.5. The average molecular weight is 421 g/mol. The quantitative estimate of drug-likeness (QED) is 0.628. The van der Waals surface area contributed by atoms with Gasteiger partial charge in [-0.2, -0.15) is 0 Å². The van der Waals surface area contributed by atoms with Crippen LogP contribution in [0.3, 0.4) is 0 Å². The summed E-state index contributed by atoms with van der Waals surface area (Å²) in [7, 11) is -2.20. The summed E-state index contributed by atoms with van der Waals surface area (Å²) in [6.45, 7) is 2.49. The molecular weight excluding hydrogens is 396 g/mol. The molecule has 0 aliphatic carbocycles. The lowest BCUT2D eigenvalue weighted by Gasteiger charge is -2.30. The van der Waals surface area contributed by atoms with Crippen LogP contribution in [0.15, 0.2) is 77.7 Å². The van der Waals surface area contributed by atoms with E-state index >= 15 is 0 Å². The molecule has 0 aromatic heterocycles. The summed E-state index contributed by atoms with van der Waals surface area (Å²) >= 11 is 0. The molecule has 0 N–H and O–H groups in total. The van der Waals surface area contributed by atoms with Crippen LogP contribution in [-0.2, 0) is 16.4 Å². The van der Waals surface area contributed by atoms with E-state index in [0.717, 1.165) is 29.7 Å². The standard InChI is InChI=1S/C24H24N2O3S/c1-18-14-15-20(24(27)26-16-8-10-19-9-6-7-13-22(19)26)17-23(18)25(2)30(28,29)21-11-4-3-5-12-21/h3-7,9,11-15,17H,8,10,16H2,1-2H3. The molecule has 0 radical (unpaired) electrons. The Morgan fingerprint density at radius 2 is 1.67 bits per heavy atom. The Kier molecular flexibility index (Phi) is 5.35. The van der Waals surface area contributed by atoms with Gasteiger partial charge in [-0.3, -0.25) is 9.10 Å². The first-order chi connectivity index (χ1) is 14.4. The number of rotatable bonds is 4. The first-order valence-corrected chi connectivity index (χ1v) is 11.4. The zero-order valence-electron chi connectivity index (χ0n) is 17.1. The lowest BCUT2D eigenvalue weighted by Crippen LogP contribution is -2.35. The highest BCUT2D eigenvalue weighted by Crippen LogP contribution is 2.31. The molecule has 0 bridgehead atoms. The molecule has 0 atom stereocenters. The van der Waals surface area contributed by atoms with Gasteiger partial charge in [-0.05, 0) is 61.2 Å². The Morgan fingerprint density at radius 3 is 2.43 bits per heavy atom. The highest BCUT2D eigenvalue weighted by atomic mass is 32.2. The average Bonchev–Trinajstić information content (AvgIpc) is 2.78. The third-order valence-electron chi connectivity index (χ3n) is 5.55. The van der Waals surface area contributed by atoms with Crippen LogP contribution in [0.1, 0.15) is 27.9 Å². The van der Waals surface area contributed by atoms with Gasteiger partial charge in [0.2, 0.25) is 0 Å². The maximum atomic E-state index is 13.3. The number of aryl methyl sites for hydroxylation is 2. The fraction of sp³-hybridized carbons (Fsp3) is 0.208. The molecule has 0 saturated carbocycles. The molecule has 1 aliphatic rings. The van der Waals surface area contributed by atoms with Crippen molar-refractivity contribution in [2.24, 2.45) is 0 Å². The number of anilines is 2. The summed E-state index contributed by atoms with van der Waals surface area (Å²) in [5.74, 6) is -0.117. The number of carbonyl (C=O) groups excluding carboxylic acids is 1. The second-order valence-electron chi connectivity index (χ2n) is 7.48. The number of amides is 1. The van der Waals surface area contributed by atoms with Crippen molar-refractivity contribution in [1.82, 2.24) is 0 Å². The molecule has 3 aromatic rings. The van der Waals surface area contributed by atoms with E-state index < -0.39 is 10.0 Å². The minimum Gasteiger partial charge on any atom is -0.308 e. The molecule has 0 fully saturated rings. The number of hydrogen-bond donors (Lipinski definition) is 0. The Morgan fingerprint density at radius 1 is 0.967 bits per heavy atom. The van der Waals surface area contributed by atoms with E-state index in [4.69, 9.17) is 0 Å². The fourth-order valence-corrected chi connectivity index (χ4v) is 5.14. The summed E-state index contributed by atoms with van der Waals surface area (Å²) in [4.78, 5) is 15.3. The Bertz CT molecular complexity index is 1190. The molecule has 5 nitrogen and oxygen atoms in total. The first kappa shape index (κ1) is 20.2. The molecule has 4 rings (SSSR count). The molecule has 0 saturated heterocycles. The van der Waals surface area contributed by atoms with Gasteiger partial charge in [0.25, 0.3) is 15.9 Å². The molecular formula is C24H24N2O3S. The SMILES string of the molecule is Cc1ccc(C(=O)N2CCCc3ccccc32)cc1N(C)S(=O)(=O)c1ccccc1. The monoisotopic (exact) mass is 420 g/mol. The summed E-state index contributed by atoms with van der Waals surface area (Å²) in [5, 5.41) is 0. The predicted molar refractivity (Wildman–Crippen MR) is 120 cm³/mol. The smallest absolute Gasteiger partial charge is 0.264 e. The number of carbonyl (C=O) groups is 1. The maximum absolute atomic E-state index is 13.3. The van der Waals surface area contributed by atoms with Crippen LogP contribution >= 0.6 is 0 Å². The van der Waals surface area contributed by atoms with Crippen molar-refractivity contribution in [3.05, 3.63) is 89.5 Å². The van der Waals surface area contributed by atoms with E-state index in [0.29, 0.717) is 17.8 Å². The van der Waals surface area contributed by atoms with E-state index in [2.05, 4.69) is 6.07 Å². The van der Waals surface area contributed by atoms with Gasteiger partial charge in [0, 0.05) is 24.8 Å². The Balaban J connectivity index is 1.70. The van der Waals surface area contributed by atoms with Gasteiger partial charge in [0.15, 0.2) is 0 Å². The zero-order chi connectivity index (χ0) is 21.3. The predicted octanol–water partition coefficient (Wildman–Crippen LogP) is 4.41. The van der Waals surface area contributed by atoms with Gasteiger partial charge < -0.3 is 4.90 Å². The zero-order valence-corrected chi connectivity index (χ0v) is 17.9. The third-order valence-corrected chi connectivity index (χ3v) is 7.34. The van der Waals surface area contributed by atoms with Gasteiger partial charge >= 0.3 is 0 Å². The van der Waals surface area contributed by atoms with Gasteiger partial charge in [0.1, 0.15) is 0 Å². The largest absolute Gasteiger partial charge is 0.308 e. The second-order valence-corrected chi connectivity index (χ2v) is 9.45. The van der Waals surface area contributed by atoms with Crippen molar-refractivity contribution in [2.45, 2.75) is 24.7 Å². The van der Waals surface area contributed by atoms with Crippen molar-refractivity contribution in [3.8, 4) is 0 Å². The number of fused-ring (bicyclic) bond motifs is 1. The molecule has 6 heteroatoms. The highest BCUT2D eigenvalue weighted by Gasteiger charge is 2.26. The molecule has 0 spiro atoms. The van der Waals surface area contributed by atoms with Crippen LogP contribution in [0.2, 0.25) is 0 Å². The first-order valence-electron chi connectivity index (χ1n) is 9.94. The van der Waals surface area contributed by atoms with Crippen molar-refractivity contribution in [3.63, 3.8) is 0 Å². The minimum atomic E-state index is -3.72. The van der Waals surface area contributed by atoms with Gasteiger partial charge in [-0.25, -0.2) is 8.42 Å². The third kappa shape index (κ3) is 3.59. The van der Waals surface area contributed by atoms with E-state index in [1.807, 2.05) is 25.1 Å². The summed E-state index contributed by atoms with van der Waals surface area (Å²) in [6.07, 6.45) is 1.86. The van der Waals surface area contributed by atoms with Gasteiger partial charge in [-0.15, -0.1) is 0 Å².